The van der Waals surface area contributed by atoms with Crippen LogP contribution in [0.1, 0.15) is 32.0 Å². The minimum absolute atomic E-state index is 0.365. The molecule has 0 aliphatic rings. The third-order valence-corrected chi connectivity index (χ3v) is 2.23. The molecule has 0 fully saturated rings. The highest BCUT2D eigenvalue weighted by Gasteiger charge is 2.34. The number of hydrogen-bond acceptors (Lipinski definition) is 1. The van der Waals surface area contributed by atoms with Gasteiger partial charge in [-0.25, -0.2) is 0 Å². The topological polar surface area (TPSA) is 12.9 Å². The lowest BCUT2D eigenvalue weighted by molar-refractivity contribution is -0.137. The van der Waals surface area contributed by atoms with Crippen LogP contribution in [0, 0.1) is 0 Å². The number of aromatic nitrogens is 1. The van der Waals surface area contributed by atoms with E-state index in [2.05, 4.69) is 4.98 Å². The Morgan fingerprint density at radius 3 is 2.13 bits per heavy atom. The predicted molar refractivity (Wildman–Crippen MR) is 52.9 cm³/mol. The standard InChI is InChI=1S/C10H11ClF3N/c1-9(2,3)8-4-6(10(12,13)14)7(11)5-15-8/h4-5H,1-3H3. The van der Waals surface area contributed by atoms with Crippen LogP contribution in [0.15, 0.2) is 12.3 Å². The van der Waals surface area contributed by atoms with Crippen molar-refractivity contribution in [3.05, 3.63) is 28.5 Å². The zero-order valence-electron chi connectivity index (χ0n) is 8.61. The lowest BCUT2D eigenvalue weighted by Crippen LogP contribution is -2.16. The van der Waals surface area contributed by atoms with Crippen molar-refractivity contribution in [3.8, 4) is 0 Å². The largest absolute Gasteiger partial charge is 0.417 e. The fourth-order valence-electron chi connectivity index (χ4n) is 1.07. The molecule has 1 nitrogen and oxygen atoms in total. The number of nitrogens with zero attached hydrogens (tertiary/aromatic N) is 1. The Hall–Kier alpha value is -0.770. The van der Waals surface area contributed by atoms with Crippen molar-refractivity contribution < 1.29 is 13.2 Å². The van der Waals surface area contributed by atoms with Gasteiger partial charge in [-0.05, 0) is 6.07 Å². The first-order chi connectivity index (χ1) is 6.62. The summed E-state index contributed by atoms with van der Waals surface area (Å²) in [6.07, 6.45) is -3.38. The number of alkyl halides is 3. The molecule has 5 heteroatoms. The maximum absolute atomic E-state index is 12.5. The molecule has 0 atom stereocenters. The Bertz CT molecular complexity index is 366. The van der Waals surface area contributed by atoms with Crippen molar-refractivity contribution in [1.82, 2.24) is 4.98 Å². The minimum Gasteiger partial charge on any atom is -0.259 e. The first-order valence-electron chi connectivity index (χ1n) is 4.35. The molecule has 0 aliphatic heterocycles. The molecule has 0 amide bonds. The highest BCUT2D eigenvalue weighted by molar-refractivity contribution is 6.31. The van der Waals surface area contributed by atoms with Crippen LogP contribution in [-0.4, -0.2) is 4.98 Å². The Labute approximate surface area is 91.3 Å². The molecule has 0 spiro atoms. The van der Waals surface area contributed by atoms with Gasteiger partial charge < -0.3 is 0 Å². The highest BCUT2D eigenvalue weighted by Crippen LogP contribution is 2.36. The average Bonchev–Trinajstić information content (AvgIpc) is 2.00. The van der Waals surface area contributed by atoms with Crippen molar-refractivity contribution in [2.45, 2.75) is 32.4 Å². The fraction of sp³-hybridized carbons (Fsp3) is 0.500. The summed E-state index contributed by atoms with van der Waals surface area (Å²) in [5.41, 5.74) is -0.881. The van der Waals surface area contributed by atoms with E-state index < -0.39 is 17.2 Å². The highest BCUT2D eigenvalue weighted by atomic mass is 35.5. The first kappa shape index (κ1) is 12.3. The summed E-state index contributed by atoms with van der Waals surface area (Å²) in [6, 6.07) is 1.00. The normalized spacial score (nSPS) is 13.0. The molecule has 0 N–H and O–H groups in total. The van der Waals surface area contributed by atoms with Crippen molar-refractivity contribution in [1.29, 1.82) is 0 Å². The van der Waals surface area contributed by atoms with Crippen LogP contribution in [0.5, 0.6) is 0 Å². The van der Waals surface area contributed by atoms with Crippen molar-refractivity contribution in [3.63, 3.8) is 0 Å². The second-order valence-electron chi connectivity index (χ2n) is 4.30. The first-order valence-corrected chi connectivity index (χ1v) is 4.73. The van der Waals surface area contributed by atoms with Crippen LogP contribution in [-0.2, 0) is 11.6 Å². The van der Waals surface area contributed by atoms with Gasteiger partial charge in [-0.2, -0.15) is 13.2 Å². The molecule has 1 rings (SSSR count). The zero-order valence-corrected chi connectivity index (χ0v) is 9.37. The van der Waals surface area contributed by atoms with Crippen LogP contribution in [0.25, 0.3) is 0 Å². The van der Waals surface area contributed by atoms with Gasteiger partial charge in [0.05, 0.1) is 10.6 Å². The van der Waals surface area contributed by atoms with E-state index in [1.807, 2.05) is 0 Å². The maximum atomic E-state index is 12.5. The number of rotatable bonds is 0. The third-order valence-electron chi connectivity index (χ3n) is 1.93. The molecule has 0 saturated carbocycles. The summed E-state index contributed by atoms with van der Waals surface area (Å²) in [6.45, 7) is 5.39. The zero-order chi connectivity index (χ0) is 11.9. The Morgan fingerprint density at radius 2 is 1.73 bits per heavy atom. The summed E-state index contributed by atoms with van der Waals surface area (Å²) in [5.74, 6) is 0. The van der Waals surface area contributed by atoms with Crippen LogP contribution in [0.2, 0.25) is 5.02 Å². The van der Waals surface area contributed by atoms with Gasteiger partial charge in [-0.1, -0.05) is 32.4 Å². The van der Waals surface area contributed by atoms with Crippen LogP contribution < -0.4 is 0 Å². The predicted octanol–water partition coefficient (Wildman–Crippen LogP) is 4.05. The van der Waals surface area contributed by atoms with Gasteiger partial charge in [0.25, 0.3) is 0 Å². The summed E-state index contributed by atoms with van der Waals surface area (Å²) >= 11 is 5.45. The SMILES string of the molecule is CC(C)(C)c1cc(C(F)(F)F)c(Cl)cn1. The molecule has 1 heterocycles. The molecule has 0 radical (unpaired) electrons. The number of halogens is 4. The molecule has 0 aliphatic carbocycles. The monoisotopic (exact) mass is 237 g/mol. The smallest absolute Gasteiger partial charge is 0.259 e. The lowest BCUT2D eigenvalue weighted by atomic mass is 9.91. The summed E-state index contributed by atoms with van der Waals surface area (Å²) in [5, 5.41) is -0.365. The van der Waals surface area contributed by atoms with Gasteiger partial charge in [0.1, 0.15) is 0 Å². The van der Waals surface area contributed by atoms with E-state index in [9.17, 15) is 13.2 Å². The van der Waals surface area contributed by atoms with Crippen LogP contribution >= 0.6 is 11.6 Å². The van der Waals surface area contributed by atoms with E-state index in [0.29, 0.717) is 5.69 Å². The van der Waals surface area contributed by atoms with Gasteiger partial charge in [-0.15, -0.1) is 0 Å². The van der Waals surface area contributed by atoms with Gasteiger partial charge in [0.2, 0.25) is 0 Å². The number of hydrogen-bond donors (Lipinski definition) is 0. The molecule has 1 aromatic rings. The summed E-state index contributed by atoms with van der Waals surface area (Å²) < 4.78 is 37.5. The van der Waals surface area contributed by atoms with Gasteiger partial charge >= 0.3 is 6.18 Å². The van der Waals surface area contributed by atoms with Gasteiger partial charge in [0.15, 0.2) is 0 Å². The average molecular weight is 238 g/mol. The molecule has 15 heavy (non-hydrogen) atoms. The summed E-state index contributed by atoms with van der Waals surface area (Å²) in [4.78, 5) is 3.89. The quantitative estimate of drug-likeness (QED) is 0.663. The van der Waals surface area contributed by atoms with Crippen LogP contribution in [0.3, 0.4) is 0 Å². The molecular formula is C10H11ClF3N. The van der Waals surface area contributed by atoms with Crippen molar-refractivity contribution >= 4 is 11.6 Å². The van der Waals surface area contributed by atoms with E-state index in [1.54, 1.807) is 20.8 Å². The van der Waals surface area contributed by atoms with E-state index in [4.69, 9.17) is 11.6 Å². The molecule has 84 valence electrons. The Balaban J connectivity index is 3.30. The molecule has 0 bridgehead atoms. The molecular weight excluding hydrogens is 227 g/mol. The summed E-state index contributed by atoms with van der Waals surface area (Å²) in [7, 11) is 0. The number of pyridine rings is 1. The second kappa shape index (κ2) is 3.67. The van der Waals surface area contributed by atoms with E-state index in [-0.39, 0.29) is 5.02 Å². The maximum Gasteiger partial charge on any atom is 0.417 e. The Kier molecular flexibility index (Phi) is 3.01. The van der Waals surface area contributed by atoms with Crippen LogP contribution in [0.4, 0.5) is 13.2 Å². The third kappa shape index (κ3) is 2.84. The molecule has 0 saturated heterocycles. The van der Waals surface area contributed by atoms with E-state index >= 15 is 0 Å². The molecule has 0 aromatic carbocycles. The molecule has 0 unspecified atom stereocenters. The molecule has 1 aromatic heterocycles. The fourth-order valence-corrected chi connectivity index (χ4v) is 1.28. The lowest BCUT2D eigenvalue weighted by Gasteiger charge is -2.19. The van der Waals surface area contributed by atoms with Crippen molar-refractivity contribution in [2.24, 2.45) is 0 Å². The minimum atomic E-state index is -4.43. The van der Waals surface area contributed by atoms with Gasteiger partial charge in [-0.3, -0.25) is 4.98 Å². The van der Waals surface area contributed by atoms with Gasteiger partial charge in [0, 0.05) is 17.3 Å². The Morgan fingerprint density at radius 1 is 1.20 bits per heavy atom. The van der Waals surface area contributed by atoms with E-state index in [1.165, 1.54) is 0 Å². The second-order valence-corrected chi connectivity index (χ2v) is 4.70. The van der Waals surface area contributed by atoms with E-state index in [0.717, 1.165) is 12.3 Å². The van der Waals surface area contributed by atoms with Crippen molar-refractivity contribution in [2.75, 3.05) is 0 Å².